The lowest BCUT2D eigenvalue weighted by molar-refractivity contribution is -0.149. The third-order valence-corrected chi connectivity index (χ3v) is 4.20. The van der Waals surface area contributed by atoms with Gasteiger partial charge in [0.05, 0.1) is 18.6 Å². The fourth-order valence-electron chi connectivity index (χ4n) is 3.35. The maximum Gasteiger partial charge on any atom is 0.310 e. The summed E-state index contributed by atoms with van der Waals surface area (Å²) in [6.45, 7) is 6.31. The van der Waals surface area contributed by atoms with Crippen LogP contribution in [0.5, 0.6) is 0 Å². The Hall–Kier alpha value is -1.36. The van der Waals surface area contributed by atoms with Crippen LogP contribution in [0.2, 0.25) is 0 Å². The molecule has 0 unspecified atom stereocenters. The largest absolute Gasteiger partial charge is 0.481 e. The Morgan fingerprint density at radius 3 is 2.78 bits per heavy atom. The van der Waals surface area contributed by atoms with Gasteiger partial charge in [-0.15, -0.1) is 0 Å². The zero-order valence-corrected chi connectivity index (χ0v) is 10.7. The van der Waals surface area contributed by atoms with Crippen LogP contribution in [0.1, 0.15) is 20.8 Å². The number of rotatable bonds is 1. The van der Waals surface area contributed by atoms with Crippen molar-refractivity contribution in [2.75, 3.05) is 6.54 Å². The SMILES string of the molecule is CC(C)(C)N1C[C@@]23C=C[C@@H](O2)[C@H](C(=O)O)[C@H]3C1=O. The number of amides is 1. The Bertz CT molecular complexity index is 464. The van der Waals surface area contributed by atoms with Crippen molar-refractivity contribution in [2.45, 2.75) is 38.0 Å². The van der Waals surface area contributed by atoms with Crippen LogP contribution in [-0.4, -0.2) is 45.7 Å². The lowest BCUT2D eigenvalue weighted by atomic mass is 9.77. The van der Waals surface area contributed by atoms with Crippen LogP contribution in [0.15, 0.2) is 12.2 Å². The second-order valence-corrected chi connectivity index (χ2v) is 6.33. The minimum Gasteiger partial charge on any atom is -0.481 e. The Morgan fingerprint density at radius 1 is 1.56 bits per heavy atom. The van der Waals surface area contributed by atoms with Gasteiger partial charge in [0.2, 0.25) is 5.91 Å². The van der Waals surface area contributed by atoms with Crippen molar-refractivity contribution in [2.24, 2.45) is 11.8 Å². The molecule has 1 N–H and O–H groups in total. The molecule has 0 radical (unpaired) electrons. The van der Waals surface area contributed by atoms with Gasteiger partial charge in [0, 0.05) is 5.54 Å². The maximum absolute atomic E-state index is 12.5. The molecule has 2 saturated heterocycles. The molecule has 98 valence electrons. The van der Waals surface area contributed by atoms with Crippen molar-refractivity contribution in [3.8, 4) is 0 Å². The molecule has 1 spiro atoms. The first-order chi connectivity index (χ1) is 8.26. The second-order valence-electron chi connectivity index (χ2n) is 6.33. The molecule has 18 heavy (non-hydrogen) atoms. The van der Waals surface area contributed by atoms with Crippen molar-refractivity contribution >= 4 is 11.9 Å². The summed E-state index contributed by atoms with van der Waals surface area (Å²) in [4.78, 5) is 25.6. The number of aliphatic carboxylic acids is 1. The van der Waals surface area contributed by atoms with Gasteiger partial charge in [0.1, 0.15) is 11.5 Å². The average molecular weight is 251 g/mol. The van der Waals surface area contributed by atoms with E-state index in [1.807, 2.05) is 26.8 Å². The molecular formula is C13H17NO4. The average Bonchev–Trinajstić information content (AvgIpc) is 2.85. The molecule has 4 atom stereocenters. The van der Waals surface area contributed by atoms with Crippen LogP contribution in [0.3, 0.4) is 0 Å². The second kappa shape index (κ2) is 3.15. The number of carbonyl (C=O) groups is 2. The molecule has 3 aliphatic heterocycles. The standard InChI is InChI=1S/C13H17NO4/c1-12(2,3)14-6-13-5-4-7(18-13)8(11(16)17)9(13)10(14)15/h4-5,7-9H,6H2,1-3H3,(H,16,17)/t7-,8+,9+,13-/m1/s1. The number of likely N-dealkylation sites (tertiary alicyclic amines) is 1. The van der Waals surface area contributed by atoms with Crippen molar-refractivity contribution in [1.29, 1.82) is 0 Å². The first kappa shape index (κ1) is 11.7. The predicted molar refractivity (Wildman–Crippen MR) is 62.8 cm³/mol. The lowest BCUT2D eigenvalue weighted by Gasteiger charge is -2.33. The van der Waals surface area contributed by atoms with Gasteiger partial charge in [0.15, 0.2) is 0 Å². The van der Waals surface area contributed by atoms with Gasteiger partial charge in [-0.1, -0.05) is 12.2 Å². The molecule has 5 nitrogen and oxygen atoms in total. The minimum atomic E-state index is -0.944. The van der Waals surface area contributed by atoms with E-state index in [1.165, 1.54) is 0 Å². The molecule has 3 rings (SSSR count). The number of fused-ring (bicyclic) bond motifs is 1. The van der Waals surface area contributed by atoms with Gasteiger partial charge in [0.25, 0.3) is 0 Å². The fraction of sp³-hybridized carbons (Fsp3) is 0.692. The predicted octanol–water partition coefficient (Wildman–Crippen LogP) is 0.651. The minimum absolute atomic E-state index is 0.0956. The van der Waals surface area contributed by atoms with E-state index in [0.29, 0.717) is 6.54 Å². The molecule has 3 heterocycles. The van der Waals surface area contributed by atoms with E-state index in [2.05, 4.69) is 0 Å². The van der Waals surface area contributed by atoms with Gasteiger partial charge < -0.3 is 14.7 Å². The number of ether oxygens (including phenoxy) is 1. The van der Waals surface area contributed by atoms with E-state index >= 15 is 0 Å². The summed E-state index contributed by atoms with van der Waals surface area (Å²) < 4.78 is 5.80. The molecule has 2 fully saturated rings. The van der Waals surface area contributed by atoms with Crippen LogP contribution in [0, 0.1) is 11.8 Å². The van der Waals surface area contributed by atoms with Crippen LogP contribution >= 0.6 is 0 Å². The summed E-state index contributed by atoms with van der Waals surface area (Å²) in [5.74, 6) is -2.35. The fourth-order valence-corrected chi connectivity index (χ4v) is 3.35. The first-order valence-electron chi connectivity index (χ1n) is 6.18. The number of hydrogen-bond acceptors (Lipinski definition) is 3. The molecular weight excluding hydrogens is 234 g/mol. The van der Waals surface area contributed by atoms with Crippen molar-refractivity contribution in [3.05, 3.63) is 12.2 Å². The van der Waals surface area contributed by atoms with E-state index < -0.39 is 29.5 Å². The molecule has 0 aliphatic carbocycles. The zero-order chi connectivity index (χ0) is 13.3. The van der Waals surface area contributed by atoms with E-state index in [9.17, 15) is 14.7 Å². The van der Waals surface area contributed by atoms with Crippen molar-refractivity contribution in [3.63, 3.8) is 0 Å². The van der Waals surface area contributed by atoms with Gasteiger partial charge in [-0.25, -0.2) is 0 Å². The van der Waals surface area contributed by atoms with Gasteiger partial charge in [-0.2, -0.15) is 0 Å². The van der Waals surface area contributed by atoms with Crippen LogP contribution < -0.4 is 0 Å². The third kappa shape index (κ3) is 1.25. The van der Waals surface area contributed by atoms with E-state index in [1.54, 1.807) is 11.0 Å². The number of carbonyl (C=O) groups excluding carboxylic acids is 1. The highest BCUT2D eigenvalue weighted by molar-refractivity contribution is 5.91. The number of carboxylic acids is 1. The van der Waals surface area contributed by atoms with Gasteiger partial charge in [-0.3, -0.25) is 9.59 Å². The smallest absolute Gasteiger partial charge is 0.310 e. The third-order valence-electron chi connectivity index (χ3n) is 4.20. The summed E-state index contributed by atoms with van der Waals surface area (Å²) >= 11 is 0. The van der Waals surface area contributed by atoms with Crippen LogP contribution in [-0.2, 0) is 14.3 Å². The topological polar surface area (TPSA) is 66.8 Å². The number of hydrogen-bond donors (Lipinski definition) is 1. The van der Waals surface area contributed by atoms with E-state index in [-0.39, 0.29) is 11.4 Å². The van der Waals surface area contributed by atoms with Crippen molar-refractivity contribution < 1.29 is 19.4 Å². The van der Waals surface area contributed by atoms with E-state index in [0.717, 1.165) is 0 Å². The molecule has 0 aromatic carbocycles. The maximum atomic E-state index is 12.5. The molecule has 5 heteroatoms. The van der Waals surface area contributed by atoms with Crippen LogP contribution in [0.25, 0.3) is 0 Å². The van der Waals surface area contributed by atoms with Crippen LogP contribution in [0.4, 0.5) is 0 Å². The van der Waals surface area contributed by atoms with Gasteiger partial charge >= 0.3 is 5.97 Å². The molecule has 1 amide bonds. The lowest BCUT2D eigenvalue weighted by Crippen LogP contribution is -2.45. The van der Waals surface area contributed by atoms with Crippen molar-refractivity contribution in [1.82, 2.24) is 4.90 Å². The summed E-state index contributed by atoms with van der Waals surface area (Å²) in [6, 6.07) is 0. The molecule has 0 aromatic rings. The normalized spacial score (nSPS) is 41.6. The number of nitrogens with zero attached hydrogens (tertiary/aromatic N) is 1. The van der Waals surface area contributed by atoms with E-state index in [4.69, 9.17) is 4.74 Å². The Kier molecular flexibility index (Phi) is 2.05. The highest BCUT2D eigenvalue weighted by Crippen LogP contribution is 2.52. The Labute approximate surface area is 105 Å². The Morgan fingerprint density at radius 2 is 2.22 bits per heavy atom. The zero-order valence-electron chi connectivity index (χ0n) is 10.7. The molecule has 3 aliphatic rings. The monoisotopic (exact) mass is 251 g/mol. The quantitative estimate of drug-likeness (QED) is 0.695. The molecule has 0 aromatic heterocycles. The Balaban J connectivity index is 2.02. The highest BCUT2D eigenvalue weighted by Gasteiger charge is 2.67. The molecule has 2 bridgehead atoms. The molecule has 0 saturated carbocycles. The summed E-state index contributed by atoms with van der Waals surface area (Å²) in [5, 5.41) is 9.30. The van der Waals surface area contributed by atoms with Gasteiger partial charge in [-0.05, 0) is 20.8 Å². The summed E-state index contributed by atoms with van der Waals surface area (Å²) in [7, 11) is 0. The number of carboxylic acid groups (broad SMARTS) is 1. The summed E-state index contributed by atoms with van der Waals surface area (Å²) in [5.41, 5.74) is -1.02. The highest BCUT2D eigenvalue weighted by atomic mass is 16.5. The summed E-state index contributed by atoms with van der Waals surface area (Å²) in [6.07, 6.45) is 3.22. The first-order valence-corrected chi connectivity index (χ1v) is 6.18.